The fourth-order valence-corrected chi connectivity index (χ4v) is 3.33. The molecule has 0 heterocycles. The molecule has 1 aliphatic rings. The summed E-state index contributed by atoms with van der Waals surface area (Å²) < 4.78 is 22.9. The Morgan fingerprint density at radius 2 is 2.23 bits per heavy atom. The summed E-state index contributed by atoms with van der Waals surface area (Å²) in [5, 5.41) is 8.62. The van der Waals surface area contributed by atoms with Gasteiger partial charge in [0, 0.05) is 11.3 Å². The molecule has 4 nitrogen and oxygen atoms in total. The molecular weight excluding hydrogens is 190 g/mol. The quantitative estimate of drug-likeness (QED) is 0.663. The SMILES string of the molecule is CCS(=O)(=O)[C@@H]1CC[C@@](N)(CO)C1. The molecule has 0 saturated heterocycles. The first kappa shape index (κ1) is 10.9. The minimum absolute atomic E-state index is 0.122. The van der Waals surface area contributed by atoms with Crippen molar-refractivity contribution in [3.8, 4) is 0 Å². The van der Waals surface area contributed by atoms with Gasteiger partial charge in [-0.05, 0) is 19.3 Å². The molecule has 3 N–H and O–H groups in total. The highest BCUT2D eigenvalue weighted by atomic mass is 32.2. The molecule has 0 unspecified atom stereocenters. The first-order valence-electron chi connectivity index (χ1n) is 4.55. The Morgan fingerprint density at radius 1 is 1.62 bits per heavy atom. The van der Waals surface area contributed by atoms with Gasteiger partial charge in [0.1, 0.15) is 0 Å². The van der Waals surface area contributed by atoms with E-state index >= 15 is 0 Å². The lowest BCUT2D eigenvalue weighted by atomic mass is 10.0. The third-order valence-electron chi connectivity index (χ3n) is 2.82. The van der Waals surface area contributed by atoms with Crippen molar-refractivity contribution >= 4 is 9.84 Å². The van der Waals surface area contributed by atoms with E-state index in [2.05, 4.69) is 0 Å². The number of hydrogen-bond acceptors (Lipinski definition) is 4. The molecule has 0 radical (unpaired) electrons. The summed E-state index contributed by atoms with van der Waals surface area (Å²) in [6.07, 6.45) is 1.60. The number of aliphatic hydroxyl groups excluding tert-OH is 1. The highest BCUT2D eigenvalue weighted by molar-refractivity contribution is 7.92. The van der Waals surface area contributed by atoms with Crippen molar-refractivity contribution in [1.29, 1.82) is 0 Å². The van der Waals surface area contributed by atoms with Gasteiger partial charge in [-0.2, -0.15) is 0 Å². The van der Waals surface area contributed by atoms with Gasteiger partial charge < -0.3 is 10.8 Å². The monoisotopic (exact) mass is 207 g/mol. The molecule has 1 rings (SSSR count). The molecule has 13 heavy (non-hydrogen) atoms. The van der Waals surface area contributed by atoms with Crippen molar-refractivity contribution in [2.45, 2.75) is 37.0 Å². The van der Waals surface area contributed by atoms with Crippen LogP contribution in [0.3, 0.4) is 0 Å². The molecule has 78 valence electrons. The molecule has 0 aromatic heterocycles. The Bertz CT molecular complexity index is 275. The van der Waals surface area contributed by atoms with Gasteiger partial charge >= 0.3 is 0 Å². The lowest BCUT2D eigenvalue weighted by Gasteiger charge is -2.20. The van der Waals surface area contributed by atoms with Gasteiger partial charge in [0.05, 0.1) is 11.9 Å². The number of rotatable bonds is 3. The smallest absolute Gasteiger partial charge is 0.152 e. The van der Waals surface area contributed by atoms with Crippen molar-refractivity contribution in [2.24, 2.45) is 5.73 Å². The van der Waals surface area contributed by atoms with Gasteiger partial charge in [-0.3, -0.25) is 0 Å². The Labute approximate surface area is 79.0 Å². The van der Waals surface area contributed by atoms with Gasteiger partial charge in [0.2, 0.25) is 0 Å². The number of hydrogen-bond donors (Lipinski definition) is 2. The molecule has 0 aliphatic heterocycles. The first-order valence-corrected chi connectivity index (χ1v) is 6.26. The van der Waals surface area contributed by atoms with Crippen molar-refractivity contribution < 1.29 is 13.5 Å². The molecule has 2 atom stereocenters. The van der Waals surface area contributed by atoms with Crippen LogP contribution in [0.5, 0.6) is 0 Å². The standard InChI is InChI=1S/C8H17NO3S/c1-2-13(11,12)7-3-4-8(9,5-7)6-10/h7,10H,2-6,9H2,1H3/t7-,8+/m1/s1. The molecule has 5 heteroatoms. The number of nitrogens with two attached hydrogens (primary N) is 1. The van der Waals surface area contributed by atoms with Crippen LogP contribution in [0.4, 0.5) is 0 Å². The molecule has 0 spiro atoms. The van der Waals surface area contributed by atoms with Crippen molar-refractivity contribution in [1.82, 2.24) is 0 Å². The van der Waals surface area contributed by atoms with E-state index in [9.17, 15) is 8.42 Å². The third kappa shape index (κ3) is 2.21. The summed E-state index contributed by atoms with van der Waals surface area (Å²) in [4.78, 5) is 0. The first-order chi connectivity index (χ1) is 5.93. The van der Waals surface area contributed by atoms with Crippen molar-refractivity contribution in [3.63, 3.8) is 0 Å². The zero-order valence-corrected chi connectivity index (χ0v) is 8.68. The summed E-state index contributed by atoms with van der Waals surface area (Å²) in [6.45, 7) is 1.52. The normalized spacial score (nSPS) is 35.2. The van der Waals surface area contributed by atoms with Gasteiger partial charge in [0.15, 0.2) is 9.84 Å². The molecule has 1 aliphatic carbocycles. The highest BCUT2D eigenvalue weighted by Gasteiger charge is 2.40. The summed E-state index contributed by atoms with van der Waals surface area (Å²) in [5.74, 6) is 0.166. The molecule has 0 aromatic rings. The maximum atomic E-state index is 11.5. The Balaban J connectivity index is 2.71. The van der Waals surface area contributed by atoms with Crippen LogP contribution in [-0.2, 0) is 9.84 Å². The van der Waals surface area contributed by atoms with E-state index in [1.807, 2.05) is 0 Å². The van der Waals surface area contributed by atoms with Crippen molar-refractivity contribution in [2.75, 3.05) is 12.4 Å². The third-order valence-corrected chi connectivity index (χ3v) is 5.05. The largest absolute Gasteiger partial charge is 0.394 e. The van der Waals surface area contributed by atoms with Crippen LogP contribution in [0.25, 0.3) is 0 Å². The van der Waals surface area contributed by atoms with Crippen LogP contribution in [0.2, 0.25) is 0 Å². The zero-order chi connectivity index (χ0) is 10.1. The average molecular weight is 207 g/mol. The van der Waals surface area contributed by atoms with Crippen molar-refractivity contribution in [3.05, 3.63) is 0 Å². The van der Waals surface area contributed by atoms with Gasteiger partial charge in [-0.25, -0.2) is 8.42 Å². The van der Waals surface area contributed by atoms with E-state index in [0.29, 0.717) is 19.3 Å². The van der Waals surface area contributed by atoms with Crippen LogP contribution < -0.4 is 5.73 Å². The van der Waals surface area contributed by atoms with E-state index in [4.69, 9.17) is 10.8 Å². The lowest BCUT2D eigenvalue weighted by molar-refractivity contribution is 0.200. The molecule has 0 bridgehead atoms. The second kappa shape index (κ2) is 3.55. The van der Waals surface area contributed by atoms with E-state index in [1.165, 1.54) is 0 Å². The minimum atomic E-state index is -2.97. The van der Waals surface area contributed by atoms with Gasteiger partial charge in [0.25, 0.3) is 0 Å². The second-order valence-electron chi connectivity index (χ2n) is 3.84. The predicted octanol–water partition coefficient (Wildman–Crippen LogP) is -0.337. The number of aliphatic hydroxyl groups is 1. The Hall–Kier alpha value is -0.130. The fraction of sp³-hybridized carbons (Fsp3) is 1.00. The fourth-order valence-electron chi connectivity index (χ4n) is 1.79. The molecule has 0 aromatic carbocycles. The van der Waals surface area contributed by atoms with Crippen LogP contribution in [-0.4, -0.2) is 36.7 Å². The molecular formula is C8H17NO3S. The minimum Gasteiger partial charge on any atom is -0.394 e. The predicted molar refractivity (Wildman–Crippen MR) is 51.1 cm³/mol. The van der Waals surface area contributed by atoms with Crippen LogP contribution in [0, 0.1) is 0 Å². The molecule has 1 fully saturated rings. The Morgan fingerprint density at radius 3 is 2.62 bits per heavy atom. The lowest BCUT2D eigenvalue weighted by Crippen LogP contribution is -2.41. The van der Waals surface area contributed by atoms with E-state index in [-0.39, 0.29) is 17.6 Å². The second-order valence-corrected chi connectivity index (χ2v) is 6.41. The summed E-state index contributed by atoms with van der Waals surface area (Å²) in [7, 11) is -2.97. The van der Waals surface area contributed by atoms with E-state index < -0.39 is 15.4 Å². The Kier molecular flexibility index (Phi) is 2.99. The average Bonchev–Trinajstić information content (AvgIpc) is 2.50. The number of sulfone groups is 1. The van der Waals surface area contributed by atoms with Crippen LogP contribution in [0.1, 0.15) is 26.2 Å². The summed E-state index contributed by atoms with van der Waals surface area (Å²) in [6, 6.07) is 0. The van der Waals surface area contributed by atoms with Crippen LogP contribution in [0.15, 0.2) is 0 Å². The van der Waals surface area contributed by atoms with E-state index in [1.54, 1.807) is 6.92 Å². The zero-order valence-electron chi connectivity index (χ0n) is 7.86. The highest BCUT2D eigenvalue weighted by Crippen LogP contribution is 2.32. The summed E-state index contributed by atoms with van der Waals surface area (Å²) in [5.41, 5.74) is 5.13. The topological polar surface area (TPSA) is 80.4 Å². The maximum Gasteiger partial charge on any atom is 0.152 e. The van der Waals surface area contributed by atoms with Gasteiger partial charge in [-0.1, -0.05) is 6.92 Å². The molecule has 1 saturated carbocycles. The maximum absolute atomic E-state index is 11.5. The van der Waals surface area contributed by atoms with Crippen LogP contribution >= 0.6 is 0 Å². The molecule has 0 amide bonds. The summed E-state index contributed by atoms with van der Waals surface area (Å²) >= 11 is 0. The van der Waals surface area contributed by atoms with E-state index in [0.717, 1.165) is 0 Å². The van der Waals surface area contributed by atoms with Gasteiger partial charge in [-0.15, -0.1) is 0 Å².